The molecule has 0 bridgehead atoms. The van der Waals surface area contributed by atoms with Crippen LogP contribution in [-0.2, 0) is 0 Å². The monoisotopic (exact) mass is 277 g/mol. The molecular formula is C16H36ClN. The third-order valence-corrected chi connectivity index (χ3v) is 4.83. The molecule has 0 aromatic rings. The van der Waals surface area contributed by atoms with Gasteiger partial charge in [0.05, 0.1) is 25.2 Å². The summed E-state index contributed by atoms with van der Waals surface area (Å²) in [5.41, 5.74) is 0.452. The predicted molar refractivity (Wildman–Crippen MR) is 79.3 cm³/mol. The molecule has 112 valence electrons. The number of unbranched alkanes of at least 4 members (excludes halogenated alkanes) is 3. The molecular weight excluding hydrogens is 242 g/mol. The van der Waals surface area contributed by atoms with Crippen molar-refractivity contribution < 1.29 is 16.9 Å². The topological polar surface area (TPSA) is 0 Å². The number of hydrogen-bond acceptors (Lipinski definition) is 0. The van der Waals surface area contributed by atoms with E-state index in [1.165, 1.54) is 62.6 Å². The van der Waals surface area contributed by atoms with Crippen LogP contribution >= 0.6 is 0 Å². The Bertz CT molecular complexity index is 186. The Labute approximate surface area is 122 Å². The van der Waals surface area contributed by atoms with E-state index in [4.69, 9.17) is 0 Å². The van der Waals surface area contributed by atoms with Crippen molar-refractivity contribution in [3.8, 4) is 0 Å². The predicted octanol–water partition coefficient (Wildman–Crippen LogP) is 2.01. The van der Waals surface area contributed by atoms with Gasteiger partial charge in [-0.3, -0.25) is 0 Å². The molecule has 0 heterocycles. The Hall–Kier alpha value is 0.250. The first-order valence-corrected chi connectivity index (χ1v) is 7.85. The van der Waals surface area contributed by atoms with Gasteiger partial charge in [0.15, 0.2) is 0 Å². The minimum Gasteiger partial charge on any atom is -1.00 e. The lowest BCUT2D eigenvalue weighted by Gasteiger charge is -2.50. The Kier molecular flexibility index (Phi) is 11.5. The highest BCUT2D eigenvalue weighted by Gasteiger charge is 2.39. The van der Waals surface area contributed by atoms with Crippen molar-refractivity contribution in [3.05, 3.63) is 0 Å². The second kappa shape index (κ2) is 10.1. The Balaban J connectivity index is 0. The Morgan fingerprint density at radius 3 is 1.67 bits per heavy atom. The van der Waals surface area contributed by atoms with Crippen molar-refractivity contribution in [2.24, 2.45) is 0 Å². The lowest BCUT2D eigenvalue weighted by atomic mass is 9.91. The van der Waals surface area contributed by atoms with E-state index in [0.717, 1.165) is 0 Å². The zero-order valence-corrected chi connectivity index (χ0v) is 14.4. The van der Waals surface area contributed by atoms with Crippen LogP contribution in [0.5, 0.6) is 0 Å². The van der Waals surface area contributed by atoms with Gasteiger partial charge in [-0.15, -0.1) is 0 Å². The van der Waals surface area contributed by atoms with E-state index in [1.807, 2.05) is 0 Å². The van der Waals surface area contributed by atoms with Crippen LogP contribution in [0.1, 0.15) is 80.1 Å². The van der Waals surface area contributed by atoms with Crippen LogP contribution in [0.2, 0.25) is 0 Å². The normalized spacial score (nSPS) is 12.3. The minimum absolute atomic E-state index is 0. The summed E-state index contributed by atoms with van der Waals surface area (Å²) in [7, 11) is 0. The van der Waals surface area contributed by atoms with Crippen molar-refractivity contribution in [2.45, 2.75) is 85.6 Å². The summed E-state index contributed by atoms with van der Waals surface area (Å²) in [6.07, 6.45) is 8.20. The van der Waals surface area contributed by atoms with Gasteiger partial charge in [-0.1, -0.05) is 26.7 Å². The molecule has 0 aliphatic carbocycles. The molecule has 1 nitrogen and oxygen atoms in total. The molecule has 0 N–H and O–H groups in total. The summed E-state index contributed by atoms with van der Waals surface area (Å²) in [5, 5.41) is 0. The largest absolute Gasteiger partial charge is 1.00 e. The highest BCUT2D eigenvalue weighted by Crippen LogP contribution is 2.30. The van der Waals surface area contributed by atoms with Crippen molar-refractivity contribution in [1.82, 2.24) is 0 Å². The smallest absolute Gasteiger partial charge is 0.0935 e. The van der Waals surface area contributed by atoms with Gasteiger partial charge in [0.25, 0.3) is 0 Å². The van der Waals surface area contributed by atoms with Crippen molar-refractivity contribution in [1.29, 1.82) is 0 Å². The molecule has 2 heteroatoms. The summed E-state index contributed by atoms with van der Waals surface area (Å²) in [4.78, 5) is 0. The van der Waals surface area contributed by atoms with Gasteiger partial charge in [-0.2, -0.15) is 0 Å². The van der Waals surface area contributed by atoms with Crippen LogP contribution < -0.4 is 12.4 Å². The first kappa shape index (κ1) is 20.6. The van der Waals surface area contributed by atoms with Crippen molar-refractivity contribution in [2.75, 3.05) is 19.6 Å². The summed E-state index contributed by atoms with van der Waals surface area (Å²) in [6, 6.07) is 0. The van der Waals surface area contributed by atoms with E-state index in [9.17, 15) is 0 Å². The van der Waals surface area contributed by atoms with Crippen LogP contribution in [0, 0.1) is 0 Å². The fourth-order valence-electron chi connectivity index (χ4n) is 3.21. The molecule has 0 radical (unpaired) electrons. The van der Waals surface area contributed by atoms with Gasteiger partial charge in [0.2, 0.25) is 0 Å². The van der Waals surface area contributed by atoms with E-state index in [2.05, 4.69) is 41.5 Å². The number of hydrogen-bond donors (Lipinski definition) is 0. The summed E-state index contributed by atoms with van der Waals surface area (Å²) in [5.74, 6) is 0. The third kappa shape index (κ3) is 5.48. The maximum atomic E-state index is 2.49. The van der Waals surface area contributed by atoms with Gasteiger partial charge >= 0.3 is 0 Å². The van der Waals surface area contributed by atoms with Crippen LogP contribution in [-0.4, -0.2) is 29.7 Å². The summed E-state index contributed by atoms with van der Waals surface area (Å²) in [6.45, 7) is 18.3. The summed E-state index contributed by atoms with van der Waals surface area (Å²) >= 11 is 0. The van der Waals surface area contributed by atoms with E-state index in [1.54, 1.807) is 0 Å². The molecule has 0 rings (SSSR count). The van der Waals surface area contributed by atoms with E-state index in [0.29, 0.717) is 5.54 Å². The average molecular weight is 278 g/mol. The molecule has 0 saturated carbocycles. The zero-order valence-electron chi connectivity index (χ0n) is 13.7. The first-order valence-electron chi connectivity index (χ1n) is 7.85. The molecule has 0 aliphatic rings. The van der Waals surface area contributed by atoms with Crippen molar-refractivity contribution in [3.63, 3.8) is 0 Å². The highest BCUT2D eigenvalue weighted by atomic mass is 35.5. The molecule has 0 unspecified atom stereocenters. The second-order valence-corrected chi connectivity index (χ2v) is 6.12. The molecule has 18 heavy (non-hydrogen) atoms. The van der Waals surface area contributed by atoms with Crippen molar-refractivity contribution >= 4 is 0 Å². The number of halogens is 1. The summed E-state index contributed by atoms with van der Waals surface area (Å²) < 4.78 is 1.31. The maximum Gasteiger partial charge on any atom is 0.0935 e. The molecule has 0 amide bonds. The zero-order chi connectivity index (χ0) is 13.4. The molecule has 0 fully saturated rings. The highest BCUT2D eigenvalue weighted by molar-refractivity contribution is 4.71. The van der Waals surface area contributed by atoms with Gasteiger partial charge in [-0.25, -0.2) is 0 Å². The molecule has 0 aromatic heterocycles. The van der Waals surface area contributed by atoms with Gasteiger partial charge in [0.1, 0.15) is 0 Å². The fourth-order valence-corrected chi connectivity index (χ4v) is 3.21. The number of quaternary nitrogens is 1. The lowest BCUT2D eigenvalue weighted by molar-refractivity contribution is -0.970. The quantitative estimate of drug-likeness (QED) is 0.423. The molecule has 0 spiro atoms. The van der Waals surface area contributed by atoms with Gasteiger partial charge in [-0.05, 0) is 47.0 Å². The fraction of sp³-hybridized carbons (Fsp3) is 1.00. The van der Waals surface area contributed by atoms with Crippen LogP contribution in [0.4, 0.5) is 0 Å². The van der Waals surface area contributed by atoms with Crippen LogP contribution in [0.3, 0.4) is 0 Å². The SMILES string of the molecule is CCCCC[N+](CC)(CC)C(C)(C)CCCC.[Cl-]. The van der Waals surface area contributed by atoms with E-state index < -0.39 is 0 Å². The minimum atomic E-state index is 0. The number of rotatable bonds is 10. The average Bonchev–Trinajstić information content (AvgIpc) is 2.32. The maximum absolute atomic E-state index is 2.49. The van der Waals surface area contributed by atoms with Gasteiger partial charge < -0.3 is 16.9 Å². The van der Waals surface area contributed by atoms with Crippen LogP contribution in [0.25, 0.3) is 0 Å². The second-order valence-electron chi connectivity index (χ2n) is 6.12. The van der Waals surface area contributed by atoms with E-state index in [-0.39, 0.29) is 12.4 Å². The Morgan fingerprint density at radius 1 is 0.778 bits per heavy atom. The molecule has 0 atom stereocenters. The van der Waals surface area contributed by atoms with Gasteiger partial charge in [0, 0.05) is 6.42 Å². The molecule has 0 aliphatic heterocycles. The number of nitrogens with zero attached hydrogens (tertiary/aromatic N) is 1. The Morgan fingerprint density at radius 2 is 1.28 bits per heavy atom. The third-order valence-electron chi connectivity index (χ3n) is 4.83. The van der Waals surface area contributed by atoms with Crippen LogP contribution in [0.15, 0.2) is 0 Å². The standard InChI is InChI=1S/C16H36N.ClH/c1-7-11-13-15-17(9-3,10-4)16(5,6)14-12-8-2;/h7-15H2,1-6H3;1H/q+1;/p-1. The molecule has 0 saturated heterocycles. The molecule has 0 aromatic carbocycles. The first-order chi connectivity index (χ1) is 7.99. The van der Waals surface area contributed by atoms with E-state index >= 15 is 0 Å². The lowest BCUT2D eigenvalue weighted by Crippen LogP contribution is -3.00.